The van der Waals surface area contributed by atoms with Gasteiger partial charge in [-0.05, 0) is 86.6 Å². The predicted molar refractivity (Wildman–Crippen MR) is 246 cm³/mol. The molecule has 2 amide bonds. The number of benzene rings is 2. The summed E-state index contributed by atoms with van der Waals surface area (Å²) in [6, 6.07) is 23.7. The Kier molecular flexibility index (Phi) is 14.0. The molecule has 15 nitrogen and oxygen atoms in total. The molecule has 0 saturated carbocycles. The van der Waals surface area contributed by atoms with Crippen molar-refractivity contribution in [3.63, 3.8) is 0 Å². The molecular weight excluding hydrogens is 909 g/mol. The van der Waals surface area contributed by atoms with Gasteiger partial charge < -0.3 is 26.2 Å². The molecule has 0 radical (unpaired) electrons. The number of nitrogens with two attached hydrogens (primary N) is 1. The Bertz CT molecular complexity index is 2990. The molecule has 4 aromatic heterocycles. The fourth-order valence-corrected chi connectivity index (χ4v) is 9.14. The Hall–Kier alpha value is -5.85. The molecule has 0 bridgehead atoms. The van der Waals surface area contributed by atoms with E-state index in [0.717, 1.165) is 35.3 Å². The Morgan fingerprint density at radius 3 is 1.54 bits per heavy atom. The molecule has 63 heavy (non-hydrogen) atoms. The third-order valence-electron chi connectivity index (χ3n) is 9.55. The highest BCUT2D eigenvalue weighted by atomic mass is 35.5. The van der Waals surface area contributed by atoms with Gasteiger partial charge in [-0.2, -0.15) is 0 Å². The second kappa shape index (κ2) is 18.9. The molecule has 0 aliphatic carbocycles. The van der Waals surface area contributed by atoms with Crippen molar-refractivity contribution in [2.75, 3.05) is 43.0 Å². The number of aryl methyl sites for hydroxylation is 2. The Labute approximate surface area is 380 Å². The largest absolute Gasteiger partial charge is 0.384 e. The summed E-state index contributed by atoms with van der Waals surface area (Å²) in [6.07, 6.45) is 2.70. The maximum atomic E-state index is 12.8. The van der Waals surface area contributed by atoms with E-state index >= 15 is 0 Å². The molecule has 0 saturated heterocycles. The highest BCUT2D eigenvalue weighted by molar-refractivity contribution is 7.91. The summed E-state index contributed by atoms with van der Waals surface area (Å²) in [7, 11) is -3.69. The number of nitrogen functional groups attached to an aromatic ring is 1. The Morgan fingerprint density at radius 2 is 1.08 bits per heavy atom. The predicted octanol–water partition coefficient (Wildman–Crippen LogP) is 7.86. The second-order valence-corrected chi connectivity index (χ2v) is 20.1. The van der Waals surface area contributed by atoms with Crippen LogP contribution in [0.5, 0.6) is 0 Å². The number of carbonyl (C=O) groups excluding carboxylic acids is 2. The number of aromatic nitrogens is 4. The van der Waals surface area contributed by atoms with E-state index in [9.17, 15) is 26.4 Å². The maximum absolute atomic E-state index is 12.8. The topological polar surface area (TPSA) is 211 Å². The quantitative estimate of drug-likeness (QED) is 0.124. The number of halogens is 3. The molecule has 0 fully saturated rings. The summed E-state index contributed by atoms with van der Waals surface area (Å²) >= 11 is 17.9. The van der Waals surface area contributed by atoms with Crippen molar-refractivity contribution in [3.8, 4) is 0 Å². The van der Waals surface area contributed by atoms with Crippen LogP contribution in [0.4, 0.5) is 28.6 Å². The lowest BCUT2D eigenvalue weighted by Gasteiger charge is -2.15. The van der Waals surface area contributed by atoms with E-state index in [1.807, 2.05) is 44.2 Å². The molecule has 2 aliphatic heterocycles. The van der Waals surface area contributed by atoms with E-state index in [1.54, 1.807) is 55.4 Å². The van der Waals surface area contributed by atoms with Gasteiger partial charge in [0, 0.05) is 65.8 Å². The van der Waals surface area contributed by atoms with Crippen molar-refractivity contribution in [2.24, 2.45) is 0 Å². The third-order valence-corrected chi connectivity index (χ3v) is 12.5. The lowest BCUT2D eigenvalue weighted by atomic mass is 10.1. The summed E-state index contributed by atoms with van der Waals surface area (Å²) < 4.78 is 48.6. The number of pyridine rings is 4. The number of nitrogens with one attached hydrogen (secondary N) is 2. The minimum Gasteiger partial charge on any atom is -0.384 e. The van der Waals surface area contributed by atoms with Crippen LogP contribution in [0.15, 0.2) is 94.7 Å². The van der Waals surface area contributed by atoms with Gasteiger partial charge in [-0.25, -0.2) is 26.8 Å². The van der Waals surface area contributed by atoms with E-state index in [-0.39, 0.29) is 26.8 Å². The van der Waals surface area contributed by atoms with E-state index in [1.165, 1.54) is 23.1 Å². The highest BCUT2D eigenvalue weighted by Crippen LogP contribution is 2.36. The third kappa shape index (κ3) is 11.4. The van der Waals surface area contributed by atoms with Gasteiger partial charge in [0.05, 0.1) is 68.1 Å². The van der Waals surface area contributed by atoms with Crippen LogP contribution in [0.2, 0.25) is 15.2 Å². The van der Waals surface area contributed by atoms with Gasteiger partial charge in [-0.3, -0.25) is 19.6 Å². The molecule has 0 atom stereocenters. The van der Waals surface area contributed by atoms with E-state index in [4.69, 9.17) is 40.5 Å². The zero-order valence-electron chi connectivity index (χ0n) is 34.9. The van der Waals surface area contributed by atoms with Crippen molar-refractivity contribution in [1.82, 2.24) is 29.7 Å². The van der Waals surface area contributed by atoms with Crippen molar-refractivity contribution < 1.29 is 26.4 Å². The molecule has 2 aromatic carbocycles. The van der Waals surface area contributed by atoms with Gasteiger partial charge in [0.15, 0.2) is 19.7 Å². The SMILES string of the molecule is CN1Cc2nc(Cl)cc(Nc3ccc(Cl)cc3S(C)(=O)=O)c2C1=O.Cc1cccc(Cc2cc(Nc3ccc(Cl)cc3S(C)(=O)=O)c3c(n2)CN(C)C3=O)n1.Cc1cccc(N)n1. The molecule has 6 heterocycles. The summed E-state index contributed by atoms with van der Waals surface area (Å²) in [5, 5.41) is 6.97. The van der Waals surface area contributed by atoms with Gasteiger partial charge in [0.1, 0.15) is 11.0 Å². The van der Waals surface area contributed by atoms with Crippen molar-refractivity contribution in [2.45, 2.75) is 43.1 Å². The molecular formula is C43H42Cl3N9O6S2. The van der Waals surface area contributed by atoms with Gasteiger partial charge in [0.2, 0.25) is 0 Å². The highest BCUT2D eigenvalue weighted by Gasteiger charge is 2.32. The summed E-state index contributed by atoms with van der Waals surface area (Å²) in [5.74, 6) is 0.219. The number of hydrogen-bond donors (Lipinski definition) is 3. The number of sulfone groups is 2. The Balaban J connectivity index is 0.000000182. The molecule has 6 aromatic rings. The lowest BCUT2D eigenvalue weighted by Crippen LogP contribution is -2.18. The molecule has 328 valence electrons. The normalized spacial score (nSPS) is 13.1. The van der Waals surface area contributed by atoms with Crippen LogP contribution in [0.3, 0.4) is 0 Å². The minimum atomic E-state index is -3.55. The average molecular weight is 951 g/mol. The molecule has 8 rings (SSSR count). The molecule has 2 aliphatic rings. The van der Waals surface area contributed by atoms with Crippen LogP contribution in [-0.2, 0) is 39.2 Å². The van der Waals surface area contributed by atoms with Crippen molar-refractivity contribution in [3.05, 3.63) is 145 Å². The standard InChI is InChI=1S/C22H21ClN4O3S.C15H13Cl2N3O3S.C6H8N2/c1-13-5-4-6-15(24-13)10-16-11-18(21-19(25-16)12-27(2)22(21)28)26-17-8-7-14(23)9-20(17)31(3,29)30;1-20-7-11-14(15(20)21)10(6-13(17)19-11)18-9-4-3-8(16)5-12(9)24(2,22)23;1-5-3-2-4-6(7)8-5/h4-9,11H,10,12H2,1-3H3,(H,25,26);3-6H,7H2,1-2H3,(H,18,19);2-4H,1H3,(H2,7,8). The van der Waals surface area contributed by atoms with Crippen LogP contribution in [0.1, 0.15) is 54.9 Å². The number of carbonyl (C=O) groups is 2. The first kappa shape index (κ1) is 46.6. The average Bonchev–Trinajstić information content (AvgIpc) is 3.64. The van der Waals surface area contributed by atoms with Crippen LogP contribution >= 0.6 is 34.8 Å². The fraction of sp³-hybridized carbons (Fsp3) is 0.209. The van der Waals surface area contributed by atoms with Crippen molar-refractivity contribution >= 4 is 94.9 Å². The molecule has 0 spiro atoms. The number of nitrogens with zero attached hydrogens (tertiary/aromatic N) is 6. The van der Waals surface area contributed by atoms with Crippen molar-refractivity contribution in [1.29, 1.82) is 0 Å². The van der Waals surface area contributed by atoms with E-state index in [2.05, 4.69) is 30.6 Å². The van der Waals surface area contributed by atoms with Crippen LogP contribution in [0, 0.1) is 13.8 Å². The minimum absolute atomic E-state index is 0.0375. The zero-order valence-corrected chi connectivity index (χ0v) is 38.8. The number of amides is 2. The van der Waals surface area contributed by atoms with Crippen LogP contribution < -0.4 is 16.4 Å². The van der Waals surface area contributed by atoms with Crippen LogP contribution in [-0.4, -0.2) is 85.0 Å². The lowest BCUT2D eigenvalue weighted by molar-refractivity contribution is 0.0809. The molecule has 0 unspecified atom stereocenters. The van der Waals surface area contributed by atoms with Gasteiger partial charge >= 0.3 is 0 Å². The van der Waals surface area contributed by atoms with Gasteiger partial charge in [0.25, 0.3) is 11.8 Å². The van der Waals surface area contributed by atoms with Crippen LogP contribution in [0.25, 0.3) is 0 Å². The number of rotatable bonds is 8. The van der Waals surface area contributed by atoms with E-state index < -0.39 is 19.7 Å². The fourth-order valence-electron chi connectivity index (χ4n) is 6.74. The molecule has 4 N–H and O–H groups in total. The summed E-state index contributed by atoms with van der Waals surface area (Å²) in [5.41, 5.74) is 12.4. The summed E-state index contributed by atoms with van der Waals surface area (Å²) in [6.45, 7) is 4.57. The zero-order chi connectivity index (χ0) is 46.0. The molecule has 20 heteroatoms. The first-order valence-electron chi connectivity index (χ1n) is 19.0. The Morgan fingerprint density at radius 1 is 0.603 bits per heavy atom. The maximum Gasteiger partial charge on any atom is 0.257 e. The van der Waals surface area contributed by atoms with Gasteiger partial charge in [-0.15, -0.1) is 0 Å². The first-order valence-corrected chi connectivity index (χ1v) is 23.9. The number of anilines is 5. The van der Waals surface area contributed by atoms with Gasteiger partial charge in [-0.1, -0.05) is 46.9 Å². The number of fused-ring (bicyclic) bond motifs is 2. The monoisotopic (exact) mass is 949 g/mol. The number of hydrogen-bond acceptors (Lipinski definition) is 13. The van der Waals surface area contributed by atoms with E-state index in [0.29, 0.717) is 80.6 Å². The smallest absolute Gasteiger partial charge is 0.257 e. The summed E-state index contributed by atoms with van der Waals surface area (Å²) in [4.78, 5) is 45.6. The first-order chi connectivity index (χ1) is 29.6. The second-order valence-electron chi connectivity index (χ2n) is 14.8.